The van der Waals surface area contributed by atoms with E-state index in [9.17, 15) is 0 Å². The van der Waals surface area contributed by atoms with E-state index in [1.54, 1.807) is 7.11 Å². The van der Waals surface area contributed by atoms with Gasteiger partial charge in [0.15, 0.2) is 0 Å². The Labute approximate surface area is 115 Å². The van der Waals surface area contributed by atoms with Gasteiger partial charge in [0.1, 0.15) is 0 Å². The van der Waals surface area contributed by atoms with Gasteiger partial charge in [0.05, 0.1) is 12.1 Å². The molecule has 2 aromatic rings. The van der Waals surface area contributed by atoms with E-state index in [2.05, 4.69) is 61.6 Å². The largest absolute Gasteiger partial charge is 0.380 e. The number of benzene rings is 2. The van der Waals surface area contributed by atoms with Crippen molar-refractivity contribution in [1.29, 1.82) is 0 Å². The summed E-state index contributed by atoms with van der Waals surface area (Å²) < 4.78 is 5.51. The molecule has 0 heterocycles. The van der Waals surface area contributed by atoms with Crippen molar-refractivity contribution in [2.45, 2.75) is 32.4 Å². The third-order valence-corrected chi connectivity index (χ3v) is 3.59. The summed E-state index contributed by atoms with van der Waals surface area (Å²) in [6, 6.07) is 15.4. The first kappa shape index (κ1) is 14.0. The maximum absolute atomic E-state index is 5.51. The van der Waals surface area contributed by atoms with Gasteiger partial charge in [-0.3, -0.25) is 0 Å². The number of ether oxygens (including phenoxy) is 1. The molecule has 1 N–H and O–H groups in total. The van der Waals surface area contributed by atoms with Gasteiger partial charge in [-0.15, -0.1) is 0 Å². The molecule has 0 saturated carbocycles. The summed E-state index contributed by atoms with van der Waals surface area (Å²) in [4.78, 5) is 0. The van der Waals surface area contributed by atoms with Gasteiger partial charge in [-0.2, -0.15) is 0 Å². The van der Waals surface area contributed by atoms with E-state index in [0.29, 0.717) is 0 Å². The number of hydrogen-bond donors (Lipinski definition) is 1. The van der Waals surface area contributed by atoms with Crippen LogP contribution in [0.25, 0.3) is 10.8 Å². The van der Waals surface area contributed by atoms with E-state index < -0.39 is 0 Å². The Balaban J connectivity index is 2.32. The van der Waals surface area contributed by atoms with Crippen LogP contribution in [0.1, 0.15) is 31.9 Å². The highest BCUT2D eigenvalue weighted by Gasteiger charge is 2.18. The quantitative estimate of drug-likeness (QED) is 0.847. The molecule has 0 bridgehead atoms. The van der Waals surface area contributed by atoms with Crippen LogP contribution in [0.4, 0.5) is 0 Å². The third-order valence-electron chi connectivity index (χ3n) is 3.59. The van der Waals surface area contributed by atoms with E-state index in [0.717, 1.165) is 13.0 Å². The standard InChI is InChI=1S/C17H23NO/c1-4-11-18-17(13(2)19-3)16-10-9-14-7-5-6-8-15(14)12-16/h5-10,12-13,17-18H,4,11H2,1-3H3. The summed E-state index contributed by atoms with van der Waals surface area (Å²) in [5.74, 6) is 0. The molecule has 2 atom stereocenters. The fraction of sp³-hybridized carbons (Fsp3) is 0.412. The summed E-state index contributed by atoms with van der Waals surface area (Å²) in [5.41, 5.74) is 1.29. The summed E-state index contributed by atoms with van der Waals surface area (Å²) in [5, 5.41) is 6.14. The highest BCUT2D eigenvalue weighted by atomic mass is 16.5. The Hall–Kier alpha value is -1.38. The SMILES string of the molecule is CCCNC(c1ccc2ccccc2c1)C(C)OC. The van der Waals surface area contributed by atoms with Crippen molar-refractivity contribution in [3.63, 3.8) is 0 Å². The van der Waals surface area contributed by atoms with E-state index in [1.807, 2.05) is 0 Å². The number of hydrogen-bond acceptors (Lipinski definition) is 2. The van der Waals surface area contributed by atoms with Crippen molar-refractivity contribution in [3.8, 4) is 0 Å². The molecule has 2 unspecified atom stereocenters. The first-order valence-corrected chi connectivity index (χ1v) is 7.01. The maximum atomic E-state index is 5.51. The maximum Gasteiger partial charge on any atom is 0.0737 e. The first-order chi connectivity index (χ1) is 9.26. The van der Waals surface area contributed by atoms with Gasteiger partial charge in [-0.05, 0) is 42.3 Å². The van der Waals surface area contributed by atoms with Crippen molar-refractivity contribution in [2.24, 2.45) is 0 Å². The summed E-state index contributed by atoms with van der Waals surface area (Å²) in [6.07, 6.45) is 1.29. The smallest absolute Gasteiger partial charge is 0.0737 e. The highest BCUT2D eigenvalue weighted by molar-refractivity contribution is 5.83. The van der Waals surface area contributed by atoms with E-state index in [4.69, 9.17) is 4.74 Å². The third kappa shape index (κ3) is 3.34. The average molecular weight is 257 g/mol. The molecule has 0 saturated heterocycles. The second kappa shape index (κ2) is 6.69. The highest BCUT2D eigenvalue weighted by Crippen LogP contribution is 2.23. The Morgan fingerprint density at radius 2 is 1.84 bits per heavy atom. The lowest BCUT2D eigenvalue weighted by Gasteiger charge is -2.25. The molecule has 0 aliphatic rings. The molecule has 0 aliphatic heterocycles. The molecule has 2 aromatic carbocycles. The van der Waals surface area contributed by atoms with Crippen LogP contribution in [0.2, 0.25) is 0 Å². The Morgan fingerprint density at radius 3 is 2.53 bits per heavy atom. The average Bonchev–Trinajstić information content (AvgIpc) is 2.47. The van der Waals surface area contributed by atoms with Crippen LogP contribution in [0.15, 0.2) is 42.5 Å². The zero-order chi connectivity index (χ0) is 13.7. The molecule has 0 aliphatic carbocycles. The van der Waals surface area contributed by atoms with Crippen LogP contribution in [-0.4, -0.2) is 19.8 Å². The van der Waals surface area contributed by atoms with Gasteiger partial charge in [0.25, 0.3) is 0 Å². The van der Waals surface area contributed by atoms with Crippen LogP contribution in [-0.2, 0) is 4.74 Å². The molecule has 2 nitrogen and oxygen atoms in total. The predicted molar refractivity (Wildman–Crippen MR) is 81.5 cm³/mol. The van der Waals surface area contributed by atoms with E-state index in [1.165, 1.54) is 16.3 Å². The normalized spacial score (nSPS) is 14.5. The molecule has 102 valence electrons. The van der Waals surface area contributed by atoms with Gasteiger partial charge in [0, 0.05) is 7.11 Å². The zero-order valence-corrected chi connectivity index (χ0v) is 12.0. The number of nitrogens with one attached hydrogen (secondary N) is 1. The summed E-state index contributed by atoms with van der Waals surface area (Å²) in [7, 11) is 1.77. The van der Waals surface area contributed by atoms with Crippen molar-refractivity contribution >= 4 is 10.8 Å². The van der Waals surface area contributed by atoms with E-state index >= 15 is 0 Å². The molecule has 2 heteroatoms. The fourth-order valence-electron chi connectivity index (χ4n) is 2.39. The second-order valence-corrected chi connectivity index (χ2v) is 4.98. The van der Waals surface area contributed by atoms with Crippen molar-refractivity contribution in [2.75, 3.05) is 13.7 Å². The Morgan fingerprint density at radius 1 is 1.11 bits per heavy atom. The van der Waals surface area contributed by atoms with Crippen LogP contribution in [0, 0.1) is 0 Å². The van der Waals surface area contributed by atoms with Gasteiger partial charge < -0.3 is 10.1 Å². The zero-order valence-electron chi connectivity index (χ0n) is 12.0. The molecule has 0 radical (unpaired) electrons. The van der Waals surface area contributed by atoms with Crippen LogP contribution < -0.4 is 5.32 Å². The Kier molecular flexibility index (Phi) is 4.94. The topological polar surface area (TPSA) is 21.3 Å². The summed E-state index contributed by atoms with van der Waals surface area (Å²) >= 11 is 0. The van der Waals surface area contributed by atoms with Crippen molar-refractivity contribution < 1.29 is 4.74 Å². The molecule has 0 fully saturated rings. The second-order valence-electron chi connectivity index (χ2n) is 4.98. The summed E-state index contributed by atoms with van der Waals surface area (Å²) in [6.45, 7) is 5.30. The van der Waals surface area contributed by atoms with Gasteiger partial charge in [-0.1, -0.05) is 43.3 Å². The van der Waals surface area contributed by atoms with Gasteiger partial charge in [0.2, 0.25) is 0 Å². The minimum absolute atomic E-state index is 0.160. The molecule has 0 amide bonds. The van der Waals surface area contributed by atoms with Crippen LogP contribution in [0.3, 0.4) is 0 Å². The Bertz CT molecular complexity index is 523. The monoisotopic (exact) mass is 257 g/mol. The number of methoxy groups -OCH3 is 1. The molecule has 19 heavy (non-hydrogen) atoms. The lowest BCUT2D eigenvalue weighted by atomic mass is 9.98. The minimum atomic E-state index is 0.160. The first-order valence-electron chi connectivity index (χ1n) is 7.01. The molecule has 2 rings (SSSR count). The van der Waals surface area contributed by atoms with Gasteiger partial charge in [-0.25, -0.2) is 0 Å². The lowest BCUT2D eigenvalue weighted by molar-refractivity contribution is 0.0831. The number of fused-ring (bicyclic) bond motifs is 1. The molecular formula is C17H23NO. The van der Waals surface area contributed by atoms with Crippen LogP contribution in [0.5, 0.6) is 0 Å². The predicted octanol–water partition coefficient (Wildman–Crippen LogP) is 3.92. The van der Waals surface area contributed by atoms with Crippen molar-refractivity contribution in [3.05, 3.63) is 48.0 Å². The molecule has 0 aromatic heterocycles. The minimum Gasteiger partial charge on any atom is -0.380 e. The van der Waals surface area contributed by atoms with Crippen LogP contribution >= 0.6 is 0 Å². The van der Waals surface area contributed by atoms with Gasteiger partial charge >= 0.3 is 0 Å². The fourth-order valence-corrected chi connectivity index (χ4v) is 2.39. The van der Waals surface area contributed by atoms with Crippen molar-refractivity contribution in [1.82, 2.24) is 5.32 Å². The number of rotatable bonds is 6. The molecule has 0 spiro atoms. The lowest BCUT2D eigenvalue weighted by Crippen LogP contribution is -2.31. The van der Waals surface area contributed by atoms with E-state index in [-0.39, 0.29) is 12.1 Å². The molecular weight excluding hydrogens is 234 g/mol.